The van der Waals surface area contributed by atoms with Gasteiger partial charge in [0.25, 0.3) is 0 Å². The van der Waals surface area contributed by atoms with Crippen LogP contribution in [-0.2, 0) is 24.1 Å². The van der Waals surface area contributed by atoms with Gasteiger partial charge in [-0.3, -0.25) is 9.35 Å². The minimum Gasteiger partial charge on any atom is -0.462 e. The fraction of sp³-hybridized carbons (Fsp3) is 0.958. The molecule has 0 aromatic carbocycles. The molecule has 3 saturated carbocycles. The molecule has 4 rings (SSSR count). The molecule has 0 amide bonds. The van der Waals surface area contributed by atoms with Crippen LogP contribution in [0.5, 0.6) is 0 Å². The highest BCUT2D eigenvalue weighted by molar-refractivity contribution is 7.80. The van der Waals surface area contributed by atoms with E-state index in [0.717, 1.165) is 38.5 Å². The highest BCUT2D eigenvalue weighted by atomic mass is 32.3. The maximum absolute atomic E-state index is 11.7. The average molecular weight is 461 g/mol. The van der Waals surface area contributed by atoms with Gasteiger partial charge in [0.2, 0.25) is 0 Å². The monoisotopic (exact) mass is 460 g/mol. The summed E-state index contributed by atoms with van der Waals surface area (Å²) in [4.78, 5) is 11.7. The van der Waals surface area contributed by atoms with Gasteiger partial charge in [-0.05, 0) is 73.5 Å². The summed E-state index contributed by atoms with van der Waals surface area (Å²) in [5.74, 6) is 1.43. The average Bonchev–Trinajstić information content (AvgIpc) is 3.30. The molecule has 7 heteroatoms. The number of fused-ring (bicyclic) bond motifs is 3. The molecule has 1 N–H and O–H groups in total. The lowest BCUT2D eigenvalue weighted by Gasteiger charge is -2.60. The lowest BCUT2D eigenvalue weighted by molar-refractivity contribution is -0.152. The minimum absolute atomic E-state index is 0.0524. The number of esters is 1. The van der Waals surface area contributed by atoms with Gasteiger partial charge in [-0.25, -0.2) is 4.18 Å². The van der Waals surface area contributed by atoms with Crippen LogP contribution < -0.4 is 0 Å². The summed E-state index contributed by atoms with van der Waals surface area (Å²) < 4.78 is 42.3. The van der Waals surface area contributed by atoms with Crippen molar-refractivity contribution in [2.24, 2.45) is 34.5 Å². The molecule has 1 heterocycles. The predicted molar refractivity (Wildman–Crippen MR) is 122 cm³/mol. The van der Waals surface area contributed by atoms with Crippen molar-refractivity contribution in [1.29, 1.82) is 0 Å². The summed E-state index contributed by atoms with van der Waals surface area (Å²) in [7, 11) is -4.42. The van der Waals surface area contributed by atoms with Crippen molar-refractivity contribution in [2.45, 2.75) is 112 Å². The van der Waals surface area contributed by atoms with E-state index >= 15 is 0 Å². The van der Waals surface area contributed by atoms with Crippen LogP contribution in [-0.4, -0.2) is 31.1 Å². The predicted octanol–water partition coefficient (Wildman–Crippen LogP) is 5.81. The van der Waals surface area contributed by atoms with Gasteiger partial charge >= 0.3 is 16.4 Å². The normalized spacial score (nSPS) is 44.1. The summed E-state index contributed by atoms with van der Waals surface area (Å²) in [6.07, 6.45) is 7.00. The highest BCUT2D eigenvalue weighted by Gasteiger charge is 2.63. The third-order valence-electron chi connectivity index (χ3n) is 8.84. The molecule has 182 valence electrons. The maximum Gasteiger partial charge on any atom is 0.397 e. The van der Waals surface area contributed by atoms with Crippen LogP contribution in [0.1, 0.15) is 99.8 Å². The first kappa shape index (κ1) is 26.6. The van der Waals surface area contributed by atoms with E-state index in [1.54, 1.807) is 0 Å². The van der Waals surface area contributed by atoms with Crippen molar-refractivity contribution in [3.05, 3.63) is 0 Å². The van der Waals surface area contributed by atoms with Crippen molar-refractivity contribution in [3.8, 4) is 0 Å². The van der Waals surface area contributed by atoms with Crippen LogP contribution in [0.2, 0.25) is 0 Å². The van der Waals surface area contributed by atoms with Gasteiger partial charge in [0, 0.05) is 12.3 Å². The van der Waals surface area contributed by atoms with Gasteiger partial charge in [-0.1, -0.05) is 48.5 Å². The molecule has 4 fully saturated rings. The molecule has 1 saturated heterocycles. The Morgan fingerprint density at radius 2 is 1.52 bits per heavy atom. The molecule has 31 heavy (non-hydrogen) atoms. The minimum atomic E-state index is -4.42. The summed E-state index contributed by atoms with van der Waals surface area (Å²) in [5, 5.41) is 0. The molecule has 0 aromatic heterocycles. The molecular formula is C24H44O6S. The molecule has 0 radical (unpaired) electrons. The number of hydrogen-bond donors (Lipinski definition) is 1. The number of carbonyl (C=O) groups is 1. The van der Waals surface area contributed by atoms with Crippen LogP contribution in [0.15, 0.2) is 0 Å². The van der Waals surface area contributed by atoms with Gasteiger partial charge in [-0.15, -0.1) is 0 Å². The van der Waals surface area contributed by atoms with Crippen LogP contribution in [0.4, 0.5) is 0 Å². The Balaban J connectivity index is 0.000000807. The van der Waals surface area contributed by atoms with E-state index in [1.807, 2.05) is 27.7 Å². The van der Waals surface area contributed by atoms with Crippen molar-refractivity contribution in [2.75, 3.05) is 0 Å². The van der Waals surface area contributed by atoms with Crippen molar-refractivity contribution >= 4 is 16.4 Å². The molecule has 6 nitrogen and oxygen atoms in total. The van der Waals surface area contributed by atoms with Crippen LogP contribution in [0, 0.1) is 34.5 Å². The number of rotatable bonds is 3. The molecular weight excluding hydrogens is 416 g/mol. The first-order chi connectivity index (χ1) is 14.5. The third kappa shape index (κ3) is 4.98. The molecule has 0 aromatic rings. The molecule has 0 spiro atoms. The van der Waals surface area contributed by atoms with Gasteiger partial charge < -0.3 is 4.74 Å². The molecule has 8 unspecified atom stereocenters. The zero-order chi connectivity index (χ0) is 23.6. The first-order valence-corrected chi connectivity index (χ1v) is 13.8. The van der Waals surface area contributed by atoms with Crippen LogP contribution >= 0.6 is 0 Å². The molecule has 0 bridgehead atoms. The fourth-order valence-electron chi connectivity index (χ4n) is 7.69. The summed E-state index contributed by atoms with van der Waals surface area (Å²) >= 11 is 0. The van der Waals surface area contributed by atoms with E-state index in [0.29, 0.717) is 30.6 Å². The smallest absolute Gasteiger partial charge is 0.397 e. The first-order valence-electron chi connectivity index (χ1n) is 12.4. The second kappa shape index (κ2) is 10.1. The second-order valence-electron chi connectivity index (χ2n) is 9.92. The lowest BCUT2D eigenvalue weighted by atomic mass is 9.45. The van der Waals surface area contributed by atoms with Crippen LogP contribution in [0.25, 0.3) is 0 Å². The largest absolute Gasteiger partial charge is 0.462 e. The van der Waals surface area contributed by atoms with E-state index in [2.05, 4.69) is 20.8 Å². The van der Waals surface area contributed by atoms with Gasteiger partial charge in [0.1, 0.15) is 6.10 Å². The Hall–Kier alpha value is -0.660. The van der Waals surface area contributed by atoms with E-state index in [4.69, 9.17) is 13.5 Å². The summed E-state index contributed by atoms with van der Waals surface area (Å²) in [6, 6.07) is 0. The third-order valence-corrected chi connectivity index (χ3v) is 9.34. The van der Waals surface area contributed by atoms with E-state index in [9.17, 15) is 13.2 Å². The van der Waals surface area contributed by atoms with Crippen LogP contribution in [0.3, 0.4) is 0 Å². The SMILES string of the molecule is CC.CC.CC1C(OS(=O)(=O)O)CCC2(C)C1CCC1(C)C(C3CCC(=O)O3)CCC12. The Labute approximate surface area is 189 Å². The fourth-order valence-corrected chi connectivity index (χ4v) is 8.28. The summed E-state index contributed by atoms with van der Waals surface area (Å²) in [5.41, 5.74) is 0.319. The quantitative estimate of drug-likeness (QED) is 0.422. The van der Waals surface area contributed by atoms with E-state index in [1.165, 1.54) is 0 Å². The highest BCUT2D eigenvalue weighted by Crippen LogP contribution is 2.68. The van der Waals surface area contributed by atoms with Gasteiger partial charge in [-0.2, -0.15) is 8.42 Å². The van der Waals surface area contributed by atoms with E-state index < -0.39 is 16.5 Å². The Bertz CT molecular complexity index is 722. The zero-order valence-electron chi connectivity index (χ0n) is 20.5. The van der Waals surface area contributed by atoms with Crippen molar-refractivity contribution < 1.29 is 26.7 Å². The Kier molecular flexibility index (Phi) is 8.65. The molecule has 4 aliphatic rings. The lowest BCUT2D eigenvalue weighted by Crippen LogP contribution is -2.55. The van der Waals surface area contributed by atoms with E-state index in [-0.39, 0.29) is 28.8 Å². The summed E-state index contributed by atoms with van der Waals surface area (Å²) in [6.45, 7) is 14.9. The van der Waals surface area contributed by atoms with Crippen molar-refractivity contribution in [1.82, 2.24) is 0 Å². The topological polar surface area (TPSA) is 89.9 Å². The van der Waals surface area contributed by atoms with Gasteiger partial charge in [0.15, 0.2) is 0 Å². The molecule has 8 atom stereocenters. The number of carbonyl (C=O) groups excluding carboxylic acids is 1. The molecule has 3 aliphatic carbocycles. The molecule has 1 aliphatic heterocycles. The second-order valence-corrected chi connectivity index (χ2v) is 11.0. The van der Waals surface area contributed by atoms with Gasteiger partial charge in [0.05, 0.1) is 6.10 Å². The Morgan fingerprint density at radius 3 is 2.06 bits per heavy atom. The van der Waals surface area contributed by atoms with Crippen molar-refractivity contribution in [3.63, 3.8) is 0 Å². The Morgan fingerprint density at radius 1 is 0.935 bits per heavy atom. The number of ether oxygens (including phenoxy) is 1. The zero-order valence-corrected chi connectivity index (χ0v) is 21.3. The number of cyclic esters (lactones) is 1. The number of hydrogen-bond acceptors (Lipinski definition) is 5. The maximum atomic E-state index is 11.7. The standard InChI is InChI=1S/C20H32O6S.2C2H6/c1-12-13-8-10-20(3)14(16-5-7-18(21)25-16)4-6-17(20)19(13,2)11-9-15(12)26-27(22,23)24;2*1-2/h12-17H,4-11H2,1-3H3,(H,22,23,24);2*1-2H3.